The number of benzene rings is 1. The molecule has 2 rings (SSSR count). The number of piperazine rings is 1. The first-order chi connectivity index (χ1) is 12.4. The van der Waals surface area contributed by atoms with Crippen LogP contribution in [0.5, 0.6) is 11.5 Å². The van der Waals surface area contributed by atoms with Crippen molar-refractivity contribution >= 4 is 35.6 Å². The molecule has 154 valence electrons. The number of rotatable bonds is 7. The number of likely N-dealkylation sites (N-methyl/N-ethyl adjacent to an activating group) is 1. The van der Waals surface area contributed by atoms with Gasteiger partial charge < -0.3 is 25.4 Å². The topological polar surface area (TPSA) is 75.3 Å². The smallest absolute Gasteiger partial charge is 0.193 e. The minimum Gasteiger partial charge on any atom is -0.497 e. The number of aliphatic imine (C=N–C) groups is 1. The third-order valence-corrected chi connectivity index (χ3v) is 4.89. The second kappa shape index (κ2) is 11.6. The molecule has 1 aromatic carbocycles. The number of anilines is 1. The molecule has 1 unspecified atom stereocenters. The Morgan fingerprint density at radius 1 is 1.19 bits per heavy atom. The summed E-state index contributed by atoms with van der Waals surface area (Å²) >= 11 is 0. The zero-order valence-corrected chi connectivity index (χ0v) is 19.4. The van der Waals surface area contributed by atoms with E-state index in [4.69, 9.17) is 15.2 Å². The van der Waals surface area contributed by atoms with Gasteiger partial charge >= 0.3 is 0 Å². The monoisotopic (exact) mass is 491 g/mol. The molecular weight excluding hydrogens is 457 g/mol. The predicted octanol–water partition coefficient (Wildman–Crippen LogP) is 2.32. The fraction of sp³-hybridized carbons (Fsp3) is 0.632. The molecule has 1 heterocycles. The van der Waals surface area contributed by atoms with E-state index in [9.17, 15) is 0 Å². The summed E-state index contributed by atoms with van der Waals surface area (Å²) in [6.07, 6.45) is 0. The van der Waals surface area contributed by atoms with E-state index < -0.39 is 0 Å². The Morgan fingerprint density at radius 2 is 1.85 bits per heavy atom. The average molecular weight is 491 g/mol. The molecule has 0 aliphatic carbocycles. The number of halogens is 1. The summed E-state index contributed by atoms with van der Waals surface area (Å²) in [6, 6.07) is 5.92. The van der Waals surface area contributed by atoms with Gasteiger partial charge in [0, 0.05) is 38.3 Å². The van der Waals surface area contributed by atoms with Crippen molar-refractivity contribution < 1.29 is 9.47 Å². The molecule has 7 nitrogen and oxygen atoms in total. The number of methoxy groups -OCH3 is 2. The van der Waals surface area contributed by atoms with Crippen LogP contribution in [0.3, 0.4) is 0 Å². The predicted molar refractivity (Wildman–Crippen MR) is 123 cm³/mol. The molecule has 1 aliphatic heterocycles. The molecule has 0 saturated carbocycles. The van der Waals surface area contributed by atoms with Crippen molar-refractivity contribution in [1.82, 2.24) is 9.80 Å². The highest BCUT2D eigenvalue weighted by molar-refractivity contribution is 14.0. The fourth-order valence-electron chi connectivity index (χ4n) is 3.18. The minimum atomic E-state index is 0. The number of nitrogens with two attached hydrogens (primary N) is 1. The molecular formula is C19H34IN5O2. The lowest BCUT2D eigenvalue weighted by atomic mass is 10.0. The van der Waals surface area contributed by atoms with Crippen LogP contribution in [0.15, 0.2) is 23.2 Å². The van der Waals surface area contributed by atoms with Gasteiger partial charge in [0.1, 0.15) is 11.5 Å². The third-order valence-electron chi connectivity index (χ3n) is 4.89. The molecule has 1 fully saturated rings. The minimum absolute atomic E-state index is 0. The lowest BCUT2D eigenvalue weighted by Gasteiger charge is -2.39. The second-order valence-corrected chi connectivity index (χ2v) is 7.07. The summed E-state index contributed by atoms with van der Waals surface area (Å²) in [7, 11) is 5.43. The Morgan fingerprint density at radius 3 is 2.41 bits per heavy atom. The number of nitrogens with one attached hydrogen (secondary N) is 1. The van der Waals surface area contributed by atoms with Crippen LogP contribution >= 0.6 is 24.0 Å². The molecule has 0 amide bonds. The van der Waals surface area contributed by atoms with Gasteiger partial charge in [0.2, 0.25) is 0 Å². The number of nitrogens with zero attached hydrogens (tertiary/aromatic N) is 3. The van der Waals surface area contributed by atoms with Gasteiger partial charge in [0.15, 0.2) is 5.96 Å². The summed E-state index contributed by atoms with van der Waals surface area (Å²) in [5.41, 5.74) is 6.88. The lowest BCUT2D eigenvalue weighted by Crippen LogP contribution is -2.51. The highest BCUT2D eigenvalue weighted by atomic mass is 127. The molecule has 27 heavy (non-hydrogen) atoms. The van der Waals surface area contributed by atoms with Crippen LogP contribution in [0.25, 0.3) is 0 Å². The van der Waals surface area contributed by atoms with Crippen molar-refractivity contribution in [1.29, 1.82) is 0 Å². The van der Waals surface area contributed by atoms with Crippen molar-refractivity contribution in [2.75, 3.05) is 59.3 Å². The van der Waals surface area contributed by atoms with E-state index in [2.05, 4.69) is 41.0 Å². The zero-order chi connectivity index (χ0) is 19.1. The van der Waals surface area contributed by atoms with Gasteiger partial charge in [-0.05, 0) is 25.1 Å². The summed E-state index contributed by atoms with van der Waals surface area (Å²) in [4.78, 5) is 9.48. The summed E-state index contributed by atoms with van der Waals surface area (Å²) in [5.74, 6) is 2.33. The second-order valence-electron chi connectivity index (χ2n) is 7.07. The van der Waals surface area contributed by atoms with Crippen molar-refractivity contribution in [3.8, 4) is 11.5 Å². The highest BCUT2D eigenvalue weighted by Crippen LogP contribution is 2.28. The molecule has 0 bridgehead atoms. The molecule has 0 spiro atoms. The Balaban J connectivity index is 0.00000364. The van der Waals surface area contributed by atoms with Gasteiger partial charge in [-0.3, -0.25) is 9.89 Å². The van der Waals surface area contributed by atoms with Crippen LogP contribution in [0.1, 0.15) is 13.8 Å². The molecule has 1 saturated heterocycles. The fourth-order valence-corrected chi connectivity index (χ4v) is 3.18. The molecule has 0 radical (unpaired) electrons. The van der Waals surface area contributed by atoms with Crippen molar-refractivity contribution in [3.05, 3.63) is 18.2 Å². The van der Waals surface area contributed by atoms with Gasteiger partial charge in [0.05, 0.1) is 26.5 Å². The van der Waals surface area contributed by atoms with Crippen LogP contribution in [-0.2, 0) is 0 Å². The van der Waals surface area contributed by atoms with Gasteiger partial charge in [0.25, 0.3) is 0 Å². The summed E-state index contributed by atoms with van der Waals surface area (Å²) in [6.45, 7) is 9.51. The Bertz CT molecular complexity index is 604. The summed E-state index contributed by atoms with van der Waals surface area (Å²) < 4.78 is 10.6. The van der Waals surface area contributed by atoms with Crippen molar-refractivity contribution in [2.45, 2.75) is 19.9 Å². The molecule has 3 N–H and O–H groups in total. The van der Waals surface area contributed by atoms with Gasteiger partial charge in [-0.15, -0.1) is 24.0 Å². The quantitative estimate of drug-likeness (QED) is 0.347. The highest BCUT2D eigenvalue weighted by Gasteiger charge is 2.24. The van der Waals surface area contributed by atoms with E-state index in [1.807, 2.05) is 18.2 Å². The molecule has 1 atom stereocenters. The van der Waals surface area contributed by atoms with E-state index in [1.54, 1.807) is 14.2 Å². The Kier molecular flexibility index (Phi) is 10.2. The van der Waals surface area contributed by atoms with Gasteiger partial charge in [-0.2, -0.15) is 0 Å². The summed E-state index contributed by atoms with van der Waals surface area (Å²) in [5, 5.41) is 3.14. The van der Waals surface area contributed by atoms with Crippen LogP contribution in [0.2, 0.25) is 0 Å². The van der Waals surface area contributed by atoms with E-state index in [0.717, 1.165) is 37.6 Å². The van der Waals surface area contributed by atoms with E-state index in [1.165, 1.54) is 0 Å². The molecule has 0 aromatic heterocycles. The van der Waals surface area contributed by atoms with Crippen LogP contribution in [0, 0.1) is 5.92 Å². The lowest BCUT2D eigenvalue weighted by molar-refractivity contribution is 0.0926. The number of ether oxygens (including phenoxy) is 2. The largest absolute Gasteiger partial charge is 0.497 e. The van der Waals surface area contributed by atoms with Crippen LogP contribution in [-0.4, -0.2) is 75.8 Å². The van der Waals surface area contributed by atoms with Crippen molar-refractivity contribution in [2.24, 2.45) is 16.6 Å². The van der Waals surface area contributed by atoms with Crippen LogP contribution < -0.4 is 20.5 Å². The first-order valence-electron chi connectivity index (χ1n) is 9.16. The van der Waals surface area contributed by atoms with E-state index in [-0.39, 0.29) is 24.0 Å². The first-order valence-corrected chi connectivity index (χ1v) is 9.16. The van der Waals surface area contributed by atoms with E-state index in [0.29, 0.717) is 30.2 Å². The van der Waals surface area contributed by atoms with Gasteiger partial charge in [-0.1, -0.05) is 13.8 Å². The number of hydrogen-bond acceptors (Lipinski definition) is 5. The Hall–Kier alpha value is -1.26. The van der Waals surface area contributed by atoms with Crippen molar-refractivity contribution in [3.63, 3.8) is 0 Å². The van der Waals surface area contributed by atoms with Gasteiger partial charge in [-0.25, -0.2) is 0 Å². The maximum absolute atomic E-state index is 6.14. The van der Waals surface area contributed by atoms with Crippen LogP contribution in [0.4, 0.5) is 5.69 Å². The Labute approximate surface area is 180 Å². The maximum atomic E-state index is 6.14. The van der Waals surface area contributed by atoms with E-state index >= 15 is 0 Å². The third kappa shape index (κ3) is 7.00. The normalized spacial score (nSPS) is 17.3. The average Bonchev–Trinajstić information content (AvgIpc) is 2.63. The molecule has 1 aliphatic rings. The molecule has 8 heteroatoms. The maximum Gasteiger partial charge on any atom is 0.193 e. The SMILES string of the molecule is COc1ccc(OC)c(NC(N)=NCC(C(C)C)N2CCN(C)CC2)c1.I. The standard InChI is InChI=1S/C19H33N5O2.HI/c1-14(2)17(24-10-8-23(3)9-11-24)13-21-19(20)22-16-12-15(25-4)6-7-18(16)26-5;/h6-7,12,14,17H,8-11,13H2,1-5H3,(H3,20,21,22);1H. The first kappa shape index (κ1) is 23.8. The molecule has 1 aromatic rings. The zero-order valence-electron chi connectivity index (χ0n) is 17.1. The number of hydrogen-bond donors (Lipinski definition) is 2. The number of guanidine groups is 1.